The summed E-state index contributed by atoms with van der Waals surface area (Å²) in [6, 6.07) is 57.3. The standard InChI is InChI=1S/C43H31N3S/c44-42(33-20-22-34(23-21-33)43-45-39-17-9-10-18-40(39)47-43)46-41-35(24-19-32-15-7-8-16-38(32)41)25-29-26-36(30-11-3-1-4-12-30)28-37(27-29)31-13-5-2-6-14-31/h1-24,26-28H,25H2,(H2,44,46). The first-order valence-electron chi connectivity index (χ1n) is 15.7. The Morgan fingerprint density at radius 1 is 0.574 bits per heavy atom. The second-order valence-corrected chi connectivity index (χ2v) is 12.7. The van der Waals surface area contributed by atoms with E-state index >= 15 is 0 Å². The Morgan fingerprint density at radius 3 is 1.91 bits per heavy atom. The Morgan fingerprint density at radius 2 is 1.21 bits per heavy atom. The summed E-state index contributed by atoms with van der Waals surface area (Å²) >= 11 is 1.70. The van der Waals surface area contributed by atoms with Crippen LogP contribution in [0.15, 0.2) is 169 Å². The van der Waals surface area contributed by atoms with Gasteiger partial charge in [0.15, 0.2) is 0 Å². The quantitative estimate of drug-likeness (QED) is 0.142. The highest BCUT2D eigenvalue weighted by molar-refractivity contribution is 7.21. The topological polar surface area (TPSA) is 51.3 Å². The molecule has 47 heavy (non-hydrogen) atoms. The fraction of sp³-hybridized carbons (Fsp3) is 0.0233. The maximum absolute atomic E-state index is 6.77. The molecular weight excluding hydrogens is 591 g/mol. The molecule has 0 spiro atoms. The maximum Gasteiger partial charge on any atom is 0.131 e. The van der Waals surface area contributed by atoms with Gasteiger partial charge >= 0.3 is 0 Å². The minimum atomic E-state index is 0.487. The average Bonchev–Trinajstić information content (AvgIpc) is 3.58. The highest BCUT2D eigenvalue weighted by Crippen LogP contribution is 2.35. The number of thiazole rings is 1. The molecule has 0 aliphatic carbocycles. The zero-order chi connectivity index (χ0) is 31.6. The molecule has 7 aromatic carbocycles. The van der Waals surface area contributed by atoms with Crippen LogP contribution in [0.3, 0.4) is 0 Å². The second kappa shape index (κ2) is 12.5. The van der Waals surface area contributed by atoms with Crippen LogP contribution in [0.2, 0.25) is 0 Å². The molecule has 0 atom stereocenters. The normalized spacial score (nSPS) is 11.7. The van der Waals surface area contributed by atoms with Gasteiger partial charge in [0.05, 0.1) is 15.9 Å². The van der Waals surface area contributed by atoms with Crippen molar-refractivity contribution in [3.8, 4) is 32.8 Å². The molecule has 2 N–H and O–H groups in total. The maximum atomic E-state index is 6.77. The third-order valence-electron chi connectivity index (χ3n) is 8.54. The first-order valence-corrected chi connectivity index (χ1v) is 16.6. The van der Waals surface area contributed by atoms with Crippen LogP contribution in [0.4, 0.5) is 5.69 Å². The number of hydrogen-bond donors (Lipinski definition) is 1. The lowest BCUT2D eigenvalue weighted by Crippen LogP contribution is -2.13. The molecule has 0 aliphatic rings. The third-order valence-corrected chi connectivity index (χ3v) is 9.62. The van der Waals surface area contributed by atoms with Crippen molar-refractivity contribution < 1.29 is 0 Å². The van der Waals surface area contributed by atoms with E-state index < -0.39 is 0 Å². The van der Waals surface area contributed by atoms with Crippen LogP contribution in [0, 0.1) is 0 Å². The van der Waals surface area contributed by atoms with Crippen LogP contribution in [-0.2, 0) is 6.42 Å². The first kappa shape index (κ1) is 28.6. The lowest BCUT2D eigenvalue weighted by atomic mass is 9.92. The fourth-order valence-corrected chi connectivity index (χ4v) is 7.12. The second-order valence-electron chi connectivity index (χ2n) is 11.7. The molecule has 1 heterocycles. The number of rotatable bonds is 7. The molecule has 3 nitrogen and oxygen atoms in total. The van der Waals surface area contributed by atoms with Crippen molar-refractivity contribution in [3.63, 3.8) is 0 Å². The number of fused-ring (bicyclic) bond motifs is 2. The van der Waals surface area contributed by atoms with Gasteiger partial charge < -0.3 is 5.73 Å². The van der Waals surface area contributed by atoms with Gasteiger partial charge in [0.1, 0.15) is 10.8 Å². The number of benzene rings is 7. The summed E-state index contributed by atoms with van der Waals surface area (Å²) in [7, 11) is 0. The minimum absolute atomic E-state index is 0.487. The van der Waals surface area contributed by atoms with Crippen LogP contribution < -0.4 is 5.73 Å². The molecule has 0 bridgehead atoms. The molecule has 0 saturated carbocycles. The number of para-hydroxylation sites is 1. The van der Waals surface area contributed by atoms with Crippen molar-refractivity contribution in [3.05, 3.63) is 180 Å². The summed E-state index contributed by atoms with van der Waals surface area (Å²) in [6.45, 7) is 0. The monoisotopic (exact) mass is 621 g/mol. The van der Waals surface area contributed by atoms with E-state index in [1.54, 1.807) is 11.3 Å². The van der Waals surface area contributed by atoms with Crippen LogP contribution in [0.5, 0.6) is 0 Å². The molecule has 0 saturated heterocycles. The molecule has 0 aliphatic heterocycles. The molecule has 8 rings (SSSR count). The van der Waals surface area contributed by atoms with E-state index in [-0.39, 0.29) is 0 Å². The smallest absolute Gasteiger partial charge is 0.131 e. The van der Waals surface area contributed by atoms with Crippen molar-refractivity contribution in [1.82, 2.24) is 4.98 Å². The van der Waals surface area contributed by atoms with E-state index in [9.17, 15) is 0 Å². The lowest BCUT2D eigenvalue weighted by Gasteiger charge is -2.14. The van der Waals surface area contributed by atoms with E-state index in [1.807, 2.05) is 24.3 Å². The van der Waals surface area contributed by atoms with Crippen molar-refractivity contribution >= 4 is 43.8 Å². The number of nitrogens with zero attached hydrogens (tertiary/aromatic N) is 2. The summed E-state index contributed by atoms with van der Waals surface area (Å²) in [5.74, 6) is 0.487. The summed E-state index contributed by atoms with van der Waals surface area (Å²) in [5.41, 5.74) is 17.8. The van der Waals surface area contributed by atoms with Crippen LogP contribution in [0.25, 0.3) is 53.8 Å². The van der Waals surface area contributed by atoms with Crippen LogP contribution in [0.1, 0.15) is 16.7 Å². The fourth-order valence-electron chi connectivity index (χ4n) is 6.15. The van der Waals surface area contributed by atoms with Gasteiger partial charge in [0.25, 0.3) is 0 Å². The summed E-state index contributed by atoms with van der Waals surface area (Å²) in [5, 5.41) is 3.22. The van der Waals surface area contributed by atoms with E-state index in [0.717, 1.165) is 43.7 Å². The Bertz CT molecular complexity index is 2280. The zero-order valence-electron chi connectivity index (χ0n) is 25.7. The van der Waals surface area contributed by atoms with E-state index in [4.69, 9.17) is 15.7 Å². The van der Waals surface area contributed by atoms with Crippen molar-refractivity contribution in [2.45, 2.75) is 6.42 Å². The van der Waals surface area contributed by atoms with Gasteiger partial charge in [-0.2, -0.15) is 0 Å². The summed E-state index contributed by atoms with van der Waals surface area (Å²) in [6.07, 6.45) is 0.716. The summed E-state index contributed by atoms with van der Waals surface area (Å²) < 4.78 is 1.18. The van der Waals surface area contributed by atoms with Gasteiger partial charge in [-0.25, -0.2) is 9.98 Å². The average molecular weight is 622 g/mol. The lowest BCUT2D eigenvalue weighted by molar-refractivity contribution is 1.19. The van der Waals surface area contributed by atoms with E-state index in [0.29, 0.717) is 12.3 Å². The van der Waals surface area contributed by atoms with Crippen molar-refractivity contribution in [2.24, 2.45) is 10.7 Å². The molecule has 0 radical (unpaired) electrons. The molecule has 224 valence electrons. The third kappa shape index (κ3) is 5.95. The van der Waals surface area contributed by atoms with Crippen LogP contribution >= 0.6 is 11.3 Å². The van der Waals surface area contributed by atoms with Crippen LogP contribution in [-0.4, -0.2) is 10.8 Å². The molecule has 0 unspecified atom stereocenters. The number of aliphatic imine (C=N–C) groups is 1. The van der Waals surface area contributed by atoms with Gasteiger partial charge in [0.2, 0.25) is 0 Å². The first-order chi connectivity index (χ1) is 23.2. The van der Waals surface area contributed by atoms with E-state index in [1.165, 1.54) is 32.5 Å². The van der Waals surface area contributed by atoms with Gasteiger partial charge in [-0.05, 0) is 63.4 Å². The van der Waals surface area contributed by atoms with Gasteiger partial charge in [-0.15, -0.1) is 11.3 Å². The Hall–Kier alpha value is -5.84. The van der Waals surface area contributed by atoms with Gasteiger partial charge in [0, 0.05) is 16.5 Å². The predicted octanol–water partition coefficient (Wildman–Crippen LogP) is 11.1. The van der Waals surface area contributed by atoms with Crippen molar-refractivity contribution in [2.75, 3.05) is 0 Å². The predicted molar refractivity (Wildman–Crippen MR) is 200 cm³/mol. The van der Waals surface area contributed by atoms with Gasteiger partial charge in [-0.1, -0.05) is 146 Å². The van der Waals surface area contributed by atoms with E-state index in [2.05, 4.69) is 140 Å². The number of aromatic nitrogens is 1. The molecular formula is C43H31N3S. The largest absolute Gasteiger partial charge is 0.383 e. The number of hydrogen-bond acceptors (Lipinski definition) is 3. The Labute approximate surface area is 278 Å². The minimum Gasteiger partial charge on any atom is -0.383 e. The Kier molecular flexibility index (Phi) is 7.62. The molecule has 0 amide bonds. The molecule has 8 aromatic rings. The molecule has 1 aromatic heterocycles. The van der Waals surface area contributed by atoms with Gasteiger partial charge in [-0.3, -0.25) is 0 Å². The highest BCUT2D eigenvalue weighted by Gasteiger charge is 2.13. The number of nitrogens with two attached hydrogens (primary N) is 1. The Balaban J connectivity index is 1.18. The summed E-state index contributed by atoms with van der Waals surface area (Å²) in [4.78, 5) is 9.95. The zero-order valence-corrected chi connectivity index (χ0v) is 26.5. The highest BCUT2D eigenvalue weighted by atomic mass is 32.1. The molecule has 0 fully saturated rings. The van der Waals surface area contributed by atoms with Crippen molar-refractivity contribution in [1.29, 1.82) is 0 Å². The SMILES string of the molecule is NC(=Nc1c(Cc2cc(-c3ccccc3)cc(-c3ccccc3)c2)ccc2ccccc12)c1ccc(-c2nc3ccccc3s2)cc1. The molecule has 4 heteroatoms. The number of amidine groups is 1.